The highest BCUT2D eigenvalue weighted by atomic mass is 32.1. The van der Waals surface area contributed by atoms with Gasteiger partial charge >= 0.3 is 0 Å². The Morgan fingerprint density at radius 1 is 1.06 bits per heavy atom. The second-order valence-corrected chi connectivity index (χ2v) is 9.67. The Morgan fingerprint density at radius 2 is 1.89 bits per heavy atom. The Hall–Kier alpha value is -4.35. The van der Waals surface area contributed by atoms with Crippen LogP contribution in [-0.4, -0.2) is 29.6 Å². The van der Waals surface area contributed by atoms with Crippen molar-refractivity contribution < 1.29 is 9.72 Å². The van der Waals surface area contributed by atoms with E-state index in [0.29, 0.717) is 26.8 Å². The van der Waals surface area contributed by atoms with Crippen molar-refractivity contribution in [2.24, 2.45) is 0 Å². The number of aryl methyl sites for hydroxylation is 1. The summed E-state index contributed by atoms with van der Waals surface area (Å²) in [5, 5.41) is 16.1. The third-order valence-electron chi connectivity index (χ3n) is 5.66. The van der Waals surface area contributed by atoms with E-state index in [9.17, 15) is 14.9 Å². The van der Waals surface area contributed by atoms with Gasteiger partial charge in [0.2, 0.25) is 0 Å². The van der Waals surface area contributed by atoms with Crippen LogP contribution in [0.1, 0.15) is 15.4 Å². The molecule has 1 N–H and O–H groups in total. The molecule has 0 aliphatic carbocycles. The lowest BCUT2D eigenvalue weighted by atomic mass is 10.1. The molecule has 2 aromatic carbocycles. The summed E-state index contributed by atoms with van der Waals surface area (Å²) >= 11 is 2.82. The number of rotatable bonds is 5. The van der Waals surface area contributed by atoms with Crippen LogP contribution in [0, 0.1) is 17.0 Å². The Kier molecular flexibility index (Phi) is 4.94. The van der Waals surface area contributed by atoms with Crippen molar-refractivity contribution >= 4 is 49.9 Å². The average Bonchev–Trinajstić information content (AvgIpc) is 3.61. The number of nitro groups is 1. The molecule has 0 spiro atoms. The third kappa shape index (κ3) is 3.66. The van der Waals surface area contributed by atoms with Crippen molar-refractivity contribution in [1.29, 1.82) is 0 Å². The predicted octanol–water partition coefficient (Wildman–Crippen LogP) is 5.91. The van der Waals surface area contributed by atoms with E-state index >= 15 is 0 Å². The molecule has 9 nitrogen and oxygen atoms in total. The van der Waals surface area contributed by atoms with Crippen molar-refractivity contribution in [2.75, 3.05) is 5.32 Å². The molecule has 0 saturated carbocycles. The summed E-state index contributed by atoms with van der Waals surface area (Å²) in [7, 11) is 0. The van der Waals surface area contributed by atoms with Crippen LogP contribution in [0.25, 0.3) is 32.4 Å². The van der Waals surface area contributed by atoms with Gasteiger partial charge in [-0.2, -0.15) is 0 Å². The van der Waals surface area contributed by atoms with E-state index in [4.69, 9.17) is 0 Å². The molecule has 0 radical (unpaired) electrons. The van der Waals surface area contributed by atoms with Crippen LogP contribution in [0.15, 0.2) is 72.5 Å². The zero-order valence-electron chi connectivity index (χ0n) is 18.2. The lowest BCUT2D eigenvalue weighted by Crippen LogP contribution is -2.12. The Balaban J connectivity index is 1.31. The normalized spacial score (nSPS) is 11.3. The Bertz CT molecular complexity index is 1730. The van der Waals surface area contributed by atoms with Crippen LogP contribution in [0.5, 0.6) is 0 Å². The SMILES string of the molecule is Cc1c(C(=O)Nc2ccccc2-c2cn3ccsc3n2)sc2nc(-c3cccc([N+](=O)[O-])c3)cn12. The van der Waals surface area contributed by atoms with Gasteiger partial charge in [0.15, 0.2) is 9.92 Å². The number of hydrogen-bond donors (Lipinski definition) is 1. The topological polar surface area (TPSA) is 107 Å². The van der Waals surface area contributed by atoms with Crippen LogP contribution in [0.4, 0.5) is 11.4 Å². The van der Waals surface area contributed by atoms with Crippen molar-refractivity contribution in [1.82, 2.24) is 18.8 Å². The van der Waals surface area contributed by atoms with Gasteiger partial charge in [-0.05, 0) is 13.0 Å². The second-order valence-electron chi connectivity index (χ2n) is 7.82. The van der Waals surface area contributed by atoms with E-state index in [1.54, 1.807) is 29.7 Å². The summed E-state index contributed by atoms with van der Waals surface area (Å²) in [6, 6.07) is 13.9. The number of aromatic nitrogens is 4. The number of non-ortho nitro benzene ring substituents is 1. The first-order valence-electron chi connectivity index (χ1n) is 10.5. The first-order valence-corrected chi connectivity index (χ1v) is 12.2. The Morgan fingerprint density at radius 3 is 2.69 bits per heavy atom. The van der Waals surface area contributed by atoms with Gasteiger partial charge in [0.05, 0.1) is 22.0 Å². The fourth-order valence-corrected chi connectivity index (χ4v) is 5.63. The maximum absolute atomic E-state index is 13.2. The minimum absolute atomic E-state index is 0.00636. The molecule has 1 amide bonds. The molecule has 0 saturated heterocycles. The molecule has 0 unspecified atom stereocenters. The molecule has 35 heavy (non-hydrogen) atoms. The number of para-hydroxylation sites is 1. The standard InChI is InChI=1S/C24H16N6O3S2/c1-14-21(35-24-26-19(13-29(14)24)15-5-4-6-16(11-15)30(32)33)22(31)25-18-8-3-2-7-17(18)20-12-28-9-10-34-23(28)27-20/h2-13H,1H3,(H,25,31). The number of nitrogens with zero attached hydrogens (tertiary/aromatic N) is 5. The molecule has 0 atom stereocenters. The van der Waals surface area contributed by atoms with E-state index in [1.165, 1.54) is 23.5 Å². The molecule has 0 fully saturated rings. The number of hydrogen-bond acceptors (Lipinski definition) is 7. The zero-order chi connectivity index (χ0) is 24.1. The van der Waals surface area contributed by atoms with Crippen LogP contribution in [0.3, 0.4) is 0 Å². The number of amides is 1. The number of carbonyl (C=O) groups is 1. The van der Waals surface area contributed by atoms with E-state index in [-0.39, 0.29) is 11.6 Å². The molecule has 6 aromatic rings. The first kappa shape index (κ1) is 21.2. The lowest BCUT2D eigenvalue weighted by Gasteiger charge is -2.09. The number of anilines is 1. The fourth-order valence-electron chi connectivity index (χ4n) is 3.93. The van der Waals surface area contributed by atoms with E-state index in [2.05, 4.69) is 15.3 Å². The number of carbonyl (C=O) groups excluding carboxylic acids is 1. The van der Waals surface area contributed by atoms with E-state index < -0.39 is 4.92 Å². The fraction of sp³-hybridized carbons (Fsp3) is 0.0417. The van der Waals surface area contributed by atoms with Gasteiger partial charge in [0.25, 0.3) is 11.6 Å². The summed E-state index contributed by atoms with van der Waals surface area (Å²) in [6.07, 6.45) is 5.68. The summed E-state index contributed by atoms with van der Waals surface area (Å²) in [6.45, 7) is 1.85. The smallest absolute Gasteiger partial charge is 0.270 e. The van der Waals surface area contributed by atoms with Gasteiger partial charge in [-0.25, -0.2) is 9.97 Å². The predicted molar refractivity (Wildman–Crippen MR) is 136 cm³/mol. The number of nitro benzene ring substituents is 1. The Labute approximate surface area is 206 Å². The van der Waals surface area contributed by atoms with Gasteiger partial charge in [-0.15, -0.1) is 11.3 Å². The number of nitrogens with one attached hydrogen (secondary N) is 1. The maximum atomic E-state index is 13.2. The number of imidazole rings is 2. The molecule has 4 aromatic heterocycles. The lowest BCUT2D eigenvalue weighted by molar-refractivity contribution is -0.384. The van der Waals surface area contributed by atoms with Crippen LogP contribution in [-0.2, 0) is 0 Å². The highest BCUT2D eigenvalue weighted by Crippen LogP contribution is 2.32. The van der Waals surface area contributed by atoms with Crippen LogP contribution >= 0.6 is 22.7 Å². The summed E-state index contributed by atoms with van der Waals surface area (Å²) in [4.78, 5) is 35.2. The number of benzene rings is 2. The van der Waals surface area contributed by atoms with E-state index in [1.807, 2.05) is 57.8 Å². The second kappa shape index (κ2) is 8.15. The molecule has 172 valence electrons. The quantitative estimate of drug-likeness (QED) is 0.234. The van der Waals surface area contributed by atoms with Gasteiger partial charge in [0, 0.05) is 52.9 Å². The zero-order valence-corrected chi connectivity index (χ0v) is 19.8. The van der Waals surface area contributed by atoms with Crippen molar-refractivity contribution in [3.8, 4) is 22.5 Å². The van der Waals surface area contributed by atoms with Gasteiger partial charge in [-0.3, -0.25) is 23.7 Å². The third-order valence-corrected chi connectivity index (χ3v) is 7.59. The molecular weight excluding hydrogens is 484 g/mol. The summed E-state index contributed by atoms with van der Waals surface area (Å²) in [5.41, 5.74) is 4.30. The van der Waals surface area contributed by atoms with Crippen molar-refractivity contribution in [3.05, 3.63) is 93.2 Å². The van der Waals surface area contributed by atoms with E-state index in [0.717, 1.165) is 21.9 Å². The molecular formula is C24H16N6O3S2. The van der Waals surface area contributed by atoms with Gasteiger partial charge in [0.1, 0.15) is 4.88 Å². The summed E-state index contributed by atoms with van der Waals surface area (Å²) < 4.78 is 3.79. The molecule has 6 rings (SSSR count). The molecule has 11 heteroatoms. The first-order chi connectivity index (χ1) is 17.0. The monoisotopic (exact) mass is 500 g/mol. The molecule has 0 bridgehead atoms. The van der Waals surface area contributed by atoms with Crippen LogP contribution < -0.4 is 5.32 Å². The minimum atomic E-state index is -0.430. The average molecular weight is 501 g/mol. The van der Waals surface area contributed by atoms with Gasteiger partial charge in [-0.1, -0.05) is 41.7 Å². The summed E-state index contributed by atoms with van der Waals surface area (Å²) in [5.74, 6) is -0.233. The molecule has 0 aliphatic heterocycles. The molecule has 0 aliphatic rings. The van der Waals surface area contributed by atoms with Crippen molar-refractivity contribution in [3.63, 3.8) is 0 Å². The highest BCUT2D eigenvalue weighted by Gasteiger charge is 2.20. The maximum Gasteiger partial charge on any atom is 0.270 e. The number of fused-ring (bicyclic) bond motifs is 2. The minimum Gasteiger partial charge on any atom is -0.321 e. The highest BCUT2D eigenvalue weighted by molar-refractivity contribution is 7.19. The number of thiazole rings is 2. The largest absolute Gasteiger partial charge is 0.321 e. The van der Waals surface area contributed by atoms with Crippen molar-refractivity contribution in [2.45, 2.75) is 6.92 Å². The van der Waals surface area contributed by atoms with Crippen LogP contribution in [0.2, 0.25) is 0 Å². The molecule has 4 heterocycles. The van der Waals surface area contributed by atoms with Gasteiger partial charge < -0.3 is 5.32 Å².